The summed E-state index contributed by atoms with van der Waals surface area (Å²) in [6.45, 7) is 3.25. The minimum Gasteiger partial charge on any atom is -0.362 e. The van der Waals surface area contributed by atoms with Crippen molar-refractivity contribution in [2.24, 2.45) is 0 Å². The van der Waals surface area contributed by atoms with Crippen molar-refractivity contribution in [1.29, 1.82) is 5.26 Å². The summed E-state index contributed by atoms with van der Waals surface area (Å²) in [7, 11) is 0. The van der Waals surface area contributed by atoms with Crippen molar-refractivity contribution >= 4 is 23.2 Å². The van der Waals surface area contributed by atoms with Crippen molar-refractivity contribution in [1.82, 2.24) is 4.90 Å². The van der Waals surface area contributed by atoms with E-state index >= 15 is 0 Å². The molecule has 0 saturated carbocycles. The van der Waals surface area contributed by atoms with Gasteiger partial charge in [0.25, 0.3) is 0 Å². The van der Waals surface area contributed by atoms with Gasteiger partial charge in [-0.05, 0) is 30.7 Å². The van der Waals surface area contributed by atoms with Crippen LogP contribution < -0.4 is 4.90 Å². The van der Waals surface area contributed by atoms with Gasteiger partial charge in [-0.1, -0.05) is 30.7 Å². The second kappa shape index (κ2) is 8.57. The van der Waals surface area contributed by atoms with E-state index in [1.807, 2.05) is 17.9 Å². The van der Waals surface area contributed by atoms with Crippen LogP contribution in [0.25, 0.3) is 0 Å². The summed E-state index contributed by atoms with van der Waals surface area (Å²) >= 11 is 6.19. The molecule has 1 aliphatic rings. The van der Waals surface area contributed by atoms with Crippen molar-refractivity contribution in [2.45, 2.75) is 32.4 Å². The lowest BCUT2D eigenvalue weighted by molar-refractivity contribution is -0.127. The van der Waals surface area contributed by atoms with Gasteiger partial charge in [0.2, 0.25) is 5.91 Å². The van der Waals surface area contributed by atoms with Gasteiger partial charge in [-0.3, -0.25) is 4.79 Å². The first-order chi connectivity index (χ1) is 13.4. The molecule has 2 aromatic carbocycles. The van der Waals surface area contributed by atoms with Gasteiger partial charge in [0.1, 0.15) is 6.07 Å². The highest BCUT2D eigenvalue weighted by Gasteiger charge is 2.34. The average molecular weight is 404 g/mol. The Morgan fingerprint density at radius 3 is 2.79 bits per heavy atom. The molecule has 1 amide bonds. The van der Waals surface area contributed by atoms with Gasteiger partial charge in [0, 0.05) is 37.3 Å². The lowest BCUT2D eigenvalue weighted by atomic mass is 10.1. The van der Waals surface area contributed by atoms with Crippen LogP contribution in [-0.4, -0.2) is 29.9 Å². The molecular formula is C21H20ClF2N3O. The average Bonchev–Trinajstić information content (AvgIpc) is 3.03. The second-order valence-electron chi connectivity index (χ2n) is 6.81. The Morgan fingerprint density at radius 2 is 2.11 bits per heavy atom. The maximum absolute atomic E-state index is 14.3. The Kier molecular flexibility index (Phi) is 6.15. The summed E-state index contributed by atoms with van der Waals surface area (Å²) in [5.41, 5.74) is 1.18. The molecule has 0 spiro atoms. The normalized spacial score (nSPS) is 16.3. The largest absolute Gasteiger partial charge is 0.362 e. The van der Waals surface area contributed by atoms with E-state index in [0.29, 0.717) is 24.3 Å². The zero-order valence-corrected chi connectivity index (χ0v) is 16.2. The van der Waals surface area contributed by atoms with Gasteiger partial charge in [-0.25, -0.2) is 8.78 Å². The first-order valence-electron chi connectivity index (χ1n) is 9.11. The van der Waals surface area contributed by atoms with Crippen molar-refractivity contribution in [2.75, 3.05) is 18.0 Å². The van der Waals surface area contributed by atoms with Crippen LogP contribution in [0.15, 0.2) is 36.4 Å². The molecule has 1 saturated heterocycles. The van der Waals surface area contributed by atoms with Crippen LogP contribution in [0.5, 0.6) is 0 Å². The van der Waals surface area contributed by atoms with Crippen LogP contribution in [0, 0.1) is 23.0 Å². The van der Waals surface area contributed by atoms with E-state index in [1.165, 1.54) is 12.1 Å². The Hall–Kier alpha value is -2.65. The van der Waals surface area contributed by atoms with Gasteiger partial charge < -0.3 is 9.80 Å². The second-order valence-corrected chi connectivity index (χ2v) is 7.22. The molecule has 4 nitrogen and oxygen atoms in total. The molecule has 1 heterocycles. The lowest BCUT2D eigenvalue weighted by Gasteiger charge is -2.31. The number of anilines is 1. The Labute approximate surface area is 167 Å². The number of likely N-dealkylation sites (tertiary alicyclic amines) is 1. The quantitative estimate of drug-likeness (QED) is 0.713. The molecule has 146 valence electrons. The molecule has 7 heteroatoms. The van der Waals surface area contributed by atoms with E-state index in [2.05, 4.69) is 0 Å². The van der Waals surface area contributed by atoms with Gasteiger partial charge in [0.05, 0.1) is 16.6 Å². The molecule has 1 fully saturated rings. The fourth-order valence-corrected chi connectivity index (χ4v) is 3.72. The number of benzene rings is 2. The Bertz CT molecular complexity index is 928. The van der Waals surface area contributed by atoms with E-state index in [0.717, 1.165) is 12.5 Å². The monoisotopic (exact) mass is 403 g/mol. The molecule has 1 atom stereocenters. The molecule has 3 rings (SSSR count). The molecular weight excluding hydrogens is 384 g/mol. The molecule has 0 radical (unpaired) electrons. The molecule has 0 aromatic heterocycles. The molecule has 0 N–H and O–H groups in total. The van der Waals surface area contributed by atoms with Crippen LogP contribution in [0.2, 0.25) is 5.02 Å². The van der Waals surface area contributed by atoms with E-state index < -0.39 is 11.6 Å². The van der Waals surface area contributed by atoms with Crippen LogP contribution in [-0.2, 0) is 11.3 Å². The highest BCUT2D eigenvalue weighted by atomic mass is 35.5. The van der Waals surface area contributed by atoms with E-state index in [-0.39, 0.29) is 35.5 Å². The standard InChI is InChI=1S/C21H20ClF2N3O/c1-2-8-26-13-17(10-20(26)28)27(12-15-4-3-5-19(23)21(15)24)16-7-6-14(11-25)18(22)9-16/h3-7,9,17H,2,8,10,12-13H2,1H3/t17-/m0/s1. The Morgan fingerprint density at radius 1 is 1.32 bits per heavy atom. The lowest BCUT2D eigenvalue weighted by Crippen LogP contribution is -2.37. The molecule has 0 unspecified atom stereocenters. The van der Waals surface area contributed by atoms with Crippen LogP contribution in [0.1, 0.15) is 30.9 Å². The summed E-state index contributed by atoms with van der Waals surface area (Å²) < 4.78 is 28.0. The van der Waals surface area contributed by atoms with Gasteiger partial charge in [-0.2, -0.15) is 5.26 Å². The minimum absolute atomic E-state index is 0.0382. The maximum atomic E-state index is 14.3. The highest BCUT2D eigenvalue weighted by Crippen LogP contribution is 2.30. The molecule has 0 aliphatic carbocycles. The summed E-state index contributed by atoms with van der Waals surface area (Å²) in [5, 5.41) is 9.38. The smallest absolute Gasteiger partial charge is 0.224 e. The molecule has 0 bridgehead atoms. The predicted octanol–water partition coefficient (Wildman–Crippen LogP) is 4.51. The van der Waals surface area contributed by atoms with Crippen molar-refractivity contribution < 1.29 is 13.6 Å². The number of carbonyl (C=O) groups excluding carboxylic acids is 1. The SMILES string of the molecule is CCCN1C[C@@H](N(Cc2cccc(F)c2F)c2ccc(C#N)c(Cl)c2)CC1=O. The highest BCUT2D eigenvalue weighted by molar-refractivity contribution is 6.32. The van der Waals surface area contributed by atoms with Crippen molar-refractivity contribution in [3.05, 3.63) is 64.2 Å². The molecule has 1 aliphatic heterocycles. The number of carbonyl (C=O) groups is 1. The number of nitrogens with zero attached hydrogens (tertiary/aromatic N) is 3. The van der Waals surface area contributed by atoms with E-state index in [1.54, 1.807) is 23.1 Å². The maximum Gasteiger partial charge on any atom is 0.224 e. The third-order valence-electron chi connectivity index (χ3n) is 4.91. The summed E-state index contributed by atoms with van der Waals surface area (Å²) in [4.78, 5) is 16.0. The van der Waals surface area contributed by atoms with Gasteiger partial charge in [0.15, 0.2) is 11.6 Å². The number of nitriles is 1. The van der Waals surface area contributed by atoms with E-state index in [4.69, 9.17) is 16.9 Å². The first-order valence-corrected chi connectivity index (χ1v) is 9.49. The summed E-state index contributed by atoms with van der Waals surface area (Å²) in [6.07, 6.45) is 1.13. The van der Waals surface area contributed by atoms with Crippen LogP contribution >= 0.6 is 11.6 Å². The molecule has 28 heavy (non-hydrogen) atoms. The summed E-state index contributed by atoms with van der Waals surface area (Å²) in [5.74, 6) is -1.77. The number of rotatable bonds is 6. The minimum atomic E-state index is -0.912. The van der Waals surface area contributed by atoms with Gasteiger partial charge in [-0.15, -0.1) is 0 Å². The zero-order valence-electron chi connectivity index (χ0n) is 15.5. The molecule has 2 aromatic rings. The first kappa shape index (κ1) is 20.1. The number of hydrogen-bond donors (Lipinski definition) is 0. The summed E-state index contributed by atoms with van der Waals surface area (Å²) in [6, 6.07) is 10.8. The number of amides is 1. The zero-order chi connectivity index (χ0) is 20.3. The van der Waals surface area contributed by atoms with E-state index in [9.17, 15) is 13.6 Å². The Balaban J connectivity index is 1.97. The fourth-order valence-electron chi connectivity index (χ4n) is 3.50. The number of hydrogen-bond acceptors (Lipinski definition) is 3. The van der Waals surface area contributed by atoms with Crippen LogP contribution in [0.3, 0.4) is 0 Å². The third-order valence-corrected chi connectivity index (χ3v) is 5.22. The van der Waals surface area contributed by atoms with Crippen molar-refractivity contribution in [3.8, 4) is 6.07 Å². The topological polar surface area (TPSA) is 47.3 Å². The predicted molar refractivity (Wildman–Crippen MR) is 104 cm³/mol. The van der Waals surface area contributed by atoms with Gasteiger partial charge >= 0.3 is 0 Å². The fraction of sp³-hybridized carbons (Fsp3) is 0.333. The number of halogens is 3. The van der Waals surface area contributed by atoms with Crippen LogP contribution in [0.4, 0.5) is 14.5 Å². The third kappa shape index (κ3) is 4.10. The van der Waals surface area contributed by atoms with Crippen molar-refractivity contribution in [3.63, 3.8) is 0 Å².